The molecule has 0 amide bonds. The summed E-state index contributed by atoms with van der Waals surface area (Å²) in [4.78, 5) is 4.39. The van der Waals surface area contributed by atoms with Crippen LogP contribution in [0.25, 0.3) is 0 Å². The quantitative estimate of drug-likeness (QED) is 0.832. The molecule has 3 N–H and O–H groups in total. The highest BCUT2D eigenvalue weighted by Gasteiger charge is 2.09. The summed E-state index contributed by atoms with van der Waals surface area (Å²) in [6, 6.07) is 9.90. The highest BCUT2D eigenvalue weighted by molar-refractivity contribution is 7.91. The molecule has 0 radical (unpaired) electrons. The molecule has 0 saturated heterocycles. The van der Waals surface area contributed by atoms with Crippen molar-refractivity contribution in [1.82, 2.24) is 4.98 Å². The molecule has 0 saturated carbocycles. The molecule has 1 heterocycles. The van der Waals surface area contributed by atoms with E-state index in [9.17, 15) is 4.21 Å². The van der Waals surface area contributed by atoms with E-state index in [0.29, 0.717) is 22.2 Å². The Hall–Kier alpha value is -2.08. The van der Waals surface area contributed by atoms with Crippen LogP contribution in [0.3, 0.4) is 0 Å². The van der Waals surface area contributed by atoms with Gasteiger partial charge in [0.15, 0.2) is 5.75 Å². The molecule has 1 atom stereocenters. The zero-order valence-corrected chi connectivity index (χ0v) is 10.6. The highest BCUT2D eigenvalue weighted by Crippen LogP contribution is 2.28. The summed E-state index contributed by atoms with van der Waals surface area (Å²) in [7, 11) is -2.79. The summed E-state index contributed by atoms with van der Waals surface area (Å²) < 4.78 is 24.7. The molecular weight excluding hydrogens is 250 g/mol. The highest BCUT2D eigenvalue weighted by atomic mass is 32.2. The van der Waals surface area contributed by atoms with Gasteiger partial charge in [0.05, 0.1) is 20.3 Å². The van der Waals surface area contributed by atoms with Crippen molar-refractivity contribution in [2.75, 3.05) is 12.0 Å². The Morgan fingerprint density at radius 1 is 1.33 bits per heavy atom. The number of aromatic nitrogens is 1. The predicted octanol–water partition coefficient (Wildman–Crippen LogP) is 2.49. The number of hydrogen-bond donors (Lipinski definition) is 2. The van der Waals surface area contributed by atoms with Crippen LogP contribution in [0, 0.1) is 4.78 Å². The average molecular weight is 263 g/mol. The van der Waals surface area contributed by atoms with Gasteiger partial charge in [-0.25, -0.2) is 14.0 Å². The van der Waals surface area contributed by atoms with Crippen molar-refractivity contribution >= 4 is 15.4 Å². The molecule has 94 valence electrons. The Bertz CT molecular complexity index is 654. The molecule has 0 aliphatic heterocycles. The first-order valence-corrected chi connectivity index (χ1v) is 7.15. The number of nitrogens with two attached hydrogens (primary N) is 1. The van der Waals surface area contributed by atoms with Crippen LogP contribution >= 0.6 is 0 Å². The zero-order valence-electron chi connectivity index (χ0n) is 9.79. The van der Waals surface area contributed by atoms with Gasteiger partial charge in [0, 0.05) is 18.5 Å². The molecule has 0 aliphatic rings. The molecule has 1 aromatic carbocycles. The van der Waals surface area contributed by atoms with Crippen LogP contribution in [0.1, 0.15) is 0 Å². The topological polar surface area (TPSA) is 89.1 Å². The third kappa shape index (κ3) is 2.78. The first-order chi connectivity index (χ1) is 8.47. The molecule has 1 unspecified atom stereocenters. The SMILES string of the molecule is CS(=N)(=O)c1ccc(N)c(Oc2ccccn2)c1. The van der Waals surface area contributed by atoms with E-state index < -0.39 is 9.73 Å². The van der Waals surface area contributed by atoms with Crippen molar-refractivity contribution in [1.29, 1.82) is 4.78 Å². The van der Waals surface area contributed by atoms with Gasteiger partial charge in [-0.05, 0) is 24.3 Å². The third-order valence-electron chi connectivity index (χ3n) is 2.29. The van der Waals surface area contributed by atoms with Crippen LogP contribution in [-0.2, 0) is 9.73 Å². The van der Waals surface area contributed by atoms with Crippen molar-refractivity contribution in [3.8, 4) is 11.6 Å². The van der Waals surface area contributed by atoms with Crippen molar-refractivity contribution in [3.05, 3.63) is 42.6 Å². The van der Waals surface area contributed by atoms with E-state index in [1.165, 1.54) is 12.3 Å². The van der Waals surface area contributed by atoms with E-state index in [2.05, 4.69) is 4.98 Å². The molecule has 0 bridgehead atoms. The van der Waals surface area contributed by atoms with E-state index in [1.807, 2.05) is 0 Å². The summed E-state index contributed by atoms with van der Waals surface area (Å²) in [5, 5.41) is 0. The monoisotopic (exact) mass is 263 g/mol. The molecule has 1 aromatic heterocycles. The van der Waals surface area contributed by atoms with Crippen LogP contribution < -0.4 is 10.5 Å². The number of nitrogen functional groups attached to an aromatic ring is 1. The maximum Gasteiger partial charge on any atom is 0.219 e. The molecule has 0 fully saturated rings. The molecule has 2 aromatic rings. The van der Waals surface area contributed by atoms with Gasteiger partial charge >= 0.3 is 0 Å². The summed E-state index contributed by atoms with van der Waals surface area (Å²) in [6.45, 7) is 0. The maximum atomic E-state index is 11.7. The zero-order chi connectivity index (χ0) is 13.2. The van der Waals surface area contributed by atoms with Gasteiger partial charge in [0.25, 0.3) is 0 Å². The molecule has 5 nitrogen and oxygen atoms in total. The maximum absolute atomic E-state index is 11.7. The summed E-state index contributed by atoms with van der Waals surface area (Å²) >= 11 is 0. The van der Waals surface area contributed by atoms with Gasteiger partial charge in [-0.15, -0.1) is 0 Å². The number of anilines is 1. The minimum absolute atomic E-state index is 0.355. The van der Waals surface area contributed by atoms with Gasteiger partial charge in [0.2, 0.25) is 5.88 Å². The summed E-state index contributed by atoms with van der Waals surface area (Å²) in [5.41, 5.74) is 6.18. The molecule has 0 spiro atoms. The molecule has 2 rings (SSSR count). The van der Waals surface area contributed by atoms with E-state index in [4.69, 9.17) is 15.3 Å². The fourth-order valence-corrected chi connectivity index (χ4v) is 2.03. The number of rotatable bonds is 3. The number of nitrogens with zero attached hydrogens (tertiary/aromatic N) is 1. The smallest absolute Gasteiger partial charge is 0.219 e. The fraction of sp³-hybridized carbons (Fsp3) is 0.0833. The van der Waals surface area contributed by atoms with E-state index in [-0.39, 0.29) is 0 Å². The third-order valence-corrected chi connectivity index (χ3v) is 3.44. The minimum atomic E-state index is -2.79. The van der Waals surface area contributed by atoms with Crippen molar-refractivity contribution in [2.24, 2.45) is 0 Å². The Kier molecular flexibility index (Phi) is 3.20. The predicted molar refractivity (Wildman–Crippen MR) is 70.2 cm³/mol. The Morgan fingerprint density at radius 2 is 2.11 bits per heavy atom. The van der Waals surface area contributed by atoms with Gasteiger partial charge in [0.1, 0.15) is 0 Å². The molecule has 6 heteroatoms. The van der Waals surface area contributed by atoms with Gasteiger partial charge < -0.3 is 10.5 Å². The molecule has 0 aliphatic carbocycles. The lowest BCUT2D eigenvalue weighted by Crippen LogP contribution is -1.98. The Morgan fingerprint density at radius 3 is 2.72 bits per heavy atom. The first kappa shape index (κ1) is 12.4. The number of hydrogen-bond acceptors (Lipinski definition) is 5. The fourth-order valence-electron chi connectivity index (χ4n) is 1.37. The second-order valence-electron chi connectivity index (χ2n) is 3.81. The normalized spacial score (nSPS) is 13.8. The second kappa shape index (κ2) is 4.66. The van der Waals surface area contributed by atoms with Crippen molar-refractivity contribution in [2.45, 2.75) is 4.90 Å². The standard InChI is InChI=1S/C12H13N3O2S/c1-18(14,16)9-5-6-10(13)11(8-9)17-12-4-2-3-7-15-12/h2-8,14H,13H2,1H3. The van der Waals surface area contributed by atoms with Crippen LogP contribution in [0.2, 0.25) is 0 Å². The van der Waals surface area contributed by atoms with E-state index in [0.717, 1.165) is 0 Å². The first-order valence-electron chi connectivity index (χ1n) is 5.19. The molecular formula is C12H13N3O2S. The number of benzene rings is 1. The molecule has 18 heavy (non-hydrogen) atoms. The minimum Gasteiger partial charge on any atom is -0.437 e. The van der Waals surface area contributed by atoms with Crippen LogP contribution in [0.4, 0.5) is 5.69 Å². The average Bonchev–Trinajstić information content (AvgIpc) is 2.32. The lowest BCUT2D eigenvalue weighted by Gasteiger charge is -2.09. The van der Waals surface area contributed by atoms with E-state index >= 15 is 0 Å². The Labute approximate surface area is 106 Å². The van der Waals surface area contributed by atoms with Gasteiger partial charge in [-0.2, -0.15) is 0 Å². The van der Waals surface area contributed by atoms with E-state index in [1.54, 1.807) is 36.5 Å². The van der Waals surface area contributed by atoms with Crippen molar-refractivity contribution < 1.29 is 8.95 Å². The summed E-state index contributed by atoms with van der Waals surface area (Å²) in [6.07, 6.45) is 2.95. The lowest BCUT2D eigenvalue weighted by molar-refractivity contribution is 0.464. The largest absolute Gasteiger partial charge is 0.437 e. The van der Waals surface area contributed by atoms with Crippen LogP contribution in [0.5, 0.6) is 11.6 Å². The number of pyridine rings is 1. The second-order valence-corrected chi connectivity index (χ2v) is 5.97. The Balaban J connectivity index is 2.39. The number of nitrogens with one attached hydrogen (secondary N) is 1. The van der Waals surface area contributed by atoms with Gasteiger partial charge in [-0.3, -0.25) is 0 Å². The lowest BCUT2D eigenvalue weighted by atomic mass is 10.3. The number of ether oxygens (including phenoxy) is 1. The van der Waals surface area contributed by atoms with Crippen LogP contribution in [0.15, 0.2) is 47.5 Å². The van der Waals surface area contributed by atoms with Crippen LogP contribution in [-0.4, -0.2) is 15.4 Å². The van der Waals surface area contributed by atoms with Gasteiger partial charge in [-0.1, -0.05) is 6.07 Å². The van der Waals surface area contributed by atoms with Crippen molar-refractivity contribution in [3.63, 3.8) is 0 Å². The summed E-state index contributed by atoms with van der Waals surface area (Å²) in [5.74, 6) is 0.752.